The standard InChI is InChI=1S/C18H17NO/c1-13-8-9-15-16(12-19(2)17(15)10-13)18(20)11-14-6-4-3-5-7-14/h3-10,12H,11H2,1-2H3. The SMILES string of the molecule is Cc1ccc2c(C(=O)Cc3ccccc3)cn(C)c2c1. The number of nitrogens with zero attached hydrogens (tertiary/aromatic N) is 1. The van der Waals surface area contributed by atoms with Gasteiger partial charge in [-0.1, -0.05) is 42.5 Å². The molecule has 0 unspecified atom stereocenters. The molecule has 0 N–H and O–H groups in total. The average molecular weight is 263 g/mol. The van der Waals surface area contributed by atoms with Gasteiger partial charge in [-0.25, -0.2) is 0 Å². The largest absolute Gasteiger partial charge is 0.350 e. The Morgan fingerprint density at radius 1 is 1.10 bits per heavy atom. The number of fused-ring (bicyclic) bond motifs is 1. The number of carbonyl (C=O) groups is 1. The predicted octanol–water partition coefficient (Wildman–Crippen LogP) is 3.91. The highest BCUT2D eigenvalue weighted by Gasteiger charge is 2.14. The minimum atomic E-state index is 0.172. The van der Waals surface area contributed by atoms with Crippen LogP contribution in [0, 0.1) is 6.92 Å². The molecule has 0 amide bonds. The molecule has 2 heteroatoms. The van der Waals surface area contributed by atoms with Crippen LogP contribution in [0.1, 0.15) is 21.5 Å². The highest BCUT2D eigenvalue weighted by atomic mass is 16.1. The molecule has 0 bridgehead atoms. The first-order valence-corrected chi connectivity index (χ1v) is 6.78. The van der Waals surface area contributed by atoms with Gasteiger partial charge in [0.2, 0.25) is 0 Å². The molecule has 1 aromatic heterocycles. The summed E-state index contributed by atoms with van der Waals surface area (Å²) in [6.07, 6.45) is 2.39. The molecule has 0 fully saturated rings. The van der Waals surface area contributed by atoms with E-state index >= 15 is 0 Å². The van der Waals surface area contributed by atoms with Crippen molar-refractivity contribution < 1.29 is 4.79 Å². The van der Waals surface area contributed by atoms with Crippen LogP contribution in [-0.2, 0) is 13.5 Å². The maximum absolute atomic E-state index is 12.5. The van der Waals surface area contributed by atoms with Gasteiger partial charge in [-0.15, -0.1) is 0 Å². The van der Waals surface area contributed by atoms with Gasteiger partial charge in [0, 0.05) is 36.1 Å². The number of benzene rings is 2. The zero-order valence-electron chi connectivity index (χ0n) is 11.8. The molecule has 2 nitrogen and oxygen atoms in total. The summed E-state index contributed by atoms with van der Waals surface area (Å²) in [6.45, 7) is 2.07. The number of carbonyl (C=O) groups excluding carboxylic acids is 1. The number of rotatable bonds is 3. The van der Waals surface area contributed by atoms with Gasteiger partial charge in [-0.2, -0.15) is 0 Å². The van der Waals surface area contributed by atoms with Crippen LogP contribution in [0.25, 0.3) is 10.9 Å². The molecular weight excluding hydrogens is 246 g/mol. The maximum Gasteiger partial charge on any atom is 0.169 e. The molecule has 0 aliphatic carbocycles. The van der Waals surface area contributed by atoms with E-state index in [4.69, 9.17) is 0 Å². The molecule has 2 aromatic carbocycles. The highest BCUT2D eigenvalue weighted by Crippen LogP contribution is 2.23. The quantitative estimate of drug-likeness (QED) is 0.657. The molecule has 3 aromatic rings. The fourth-order valence-corrected chi connectivity index (χ4v) is 2.59. The molecule has 0 saturated carbocycles. The summed E-state index contributed by atoms with van der Waals surface area (Å²) in [5.74, 6) is 0.172. The van der Waals surface area contributed by atoms with E-state index in [1.54, 1.807) is 0 Å². The molecule has 20 heavy (non-hydrogen) atoms. The Morgan fingerprint density at radius 3 is 2.60 bits per heavy atom. The van der Waals surface area contributed by atoms with Crippen LogP contribution >= 0.6 is 0 Å². The third-order valence-electron chi connectivity index (χ3n) is 3.65. The van der Waals surface area contributed by atoms with E-state index in [0.29, 0.717) is 6.42 Å². The Balaban J connectivity index is 2.00. The summed E-state index contributed by atoms with van der Waals surface area (Å²) in [5.41, 5.74) is 4.19. The Kier molecular flexibility index (Phi) is 3.15. The summed E-state index contributed by atoms with van der Waals surface area (Å²) < 4.78 is 2.03. The molecule has 0 spiro atoms. The molecule has 0 aliphatic rings. The zero-order chi connectivity index (χ0) is 14.1. The van der Waals surface area contributed by atoms with Crippen LogP contribution in [0.15, 0.2) is 54.7 Å². The lowest BCUT2D eigenvalue weighted by Crippen LogP contribution is -2.02. The molecular formula is C18H17NO. The molecule has 0 radical (unpaired) electrons. The van der Waals surface area contributed by atoms with Gasteiger partial charge in [-0.3, -0.25) is 4.79 Å². The van der Waals surface area contributed by atoms with Gasteiger partial charge in [0.1, 0.15) is 0 Å². The number of ketones is 1. The van der Waals surface area contributed by atoms with Crippen molar-refractivity contribution in [3.05, 3.63) is 71.4 Å². The third-order valence-corrected chi connectivity index (χ3v) is 3.65. The highest BCUT2D eigenvalue weighted by molar-refractivity contribution is 6.08. The molecule has 0 atom stereocenters. The number of aryl methyl sites for hydroxylation is 2. The van der Waals surface area contributed by atoms with E-state index < -0.39 is 0 Å². The zero-order valence-corrected chi connectivity index (χ0v) is 11.8. The van der Waals surface area contributed by atoms with E-state index in [1.807, 2.05) is 54.2 Å². The van der Waals surface area contributed by atoms with E-state index in [-0.39, 0.29) is 5.78 Å². The first-order valence-electron chi connectivity index (χ1n) is 6.78. The summed E-state index contributed by atoms with van der Waals surface area (Å²) in [4.78, 5) is 12.5. The second-order valence-corrected chi connectivity index (χ2v) is 5.26. The lowest BCUT2D eigenvalue weighted by Gasteiger charge is -2.00. The number of aromatic nitrogens is 1. The Labute approximate surface area is 118 Å². The minimum absolute atomic E-state index is 0.172. The van der Waals surface area contributed by atoms with Gasteiger partial charge in [-0.05, 0) is 24.1 Å². The molecule has 100 valence electrons. The lowest BCUT2D eigenvalue weighted by molar-refractivity contribution is 0.0994. The van der Waals surface area contributed by atoms with Gasteiger partial charge in [0.05, 0.1) is 0 Å². The number of Topliss-reactive ketones (excluding diaryl/α,β-unsaturated/α-hetero) is 1. The van der Waals surface area contributed by atoms with Crippen molar-refractivity contribution in [2.45, 2.75) is 13.3 Å². The van der Waals surface area contributed by atoms with Crippen LogP contribution in [0.2, 0.25) is 0 Å². The Morgan fingerprint density at radius 2 is 1.85 bits per heavy atom. The minimum Gasteiger partial charge on any atom is -0.350 e. The van der Waals surface area contributed by atoms with Crippen molar-refractivity contribution in [1.82, 2.24) is 4.57 Å². The molecule has 0 saturated heterocycles. The molecule has 3 rings (SSSR count). The summed E-state index contributed by atoms with van der Waals surface area (Å²) >= 11 is 0. The second-order valence-electron chi connectivity index (χ2n) is 5.26. The third kappa shape index (κ3) is 2.25. The Bertz CT molecular complexity index is 769. The van der Waals surface area contributed by atoms with Crippen molar-refractivity contribution in [1.29, 1.82) is 0 Å². The molecule has 1 heterocycles. The fraction of sp³-hybridized carbons (Fsp3) is 0.167. The van der Waals surface area contributed by atoms with E-state index in [1.165, 1.54) is 5.56 Å². The summed E-state index contributed by atoms with van der Waals surface area (Å²) in [6, 6.07) is 16.1. The first-order chi connectivity index (χ1) is 9.65. The van der Waals surface area contributed by atoms with Gasteiger partial charge < -0.3 is 4.57 Å². The van der Waals surface area contributed by atoms with Crippen molar-refractivity contribution in [3.8, 4) is 0 Å². The Hall–Kier alpha value is -2.35. The fourth-order valence-electron chi connectivity index (χ4n) is 2.59. The lowest BCUT2D eigenvalue weighted by atomic mass is 10.0. The van der Waals surface area contributed by atoms with Crippen molar-refractivity contribution in [3.63, 3.8) is 0 Å². The summed E-state index contributed by atoms with van der Waals surface area (Å²) in [5, 5.41) is 1.04. The predicted molar refractivity (Wildman–Crippen MR) is 82.1 cm³/mol. The van der Waals surface area contributed by atoms with Crippen LogP contribution in [-0.4, -0.2) is 10.4 Å². The van der Waals surface area contributed by atoms with Crippen molar-refractivity contribution >= 4 is 16.7 Å². The van der Waals surface area contributed by atoms with Gasteiger partial charge in [0.25, 0.3) is 0 Å². The number of hydrogen-bond donors (Lipinski definition) is 0. The van der Waals surface area contributed by atoms with Gasteiger partial charge in [0.15, 0.2) is 5.78 Å². The second kappa shape index (κ2) is 4.97. The van der Waals surface area contributed by atoms with Crippen molar-refractivity contribution in [2.24, 2.45) is 7.05 Å². The van der Waals surface area contributed by atoms with Crippen LogP contribution in [0.5, 0.6) is 0 Å². The number of hydrogen-bond acceptors (Lipinski definition) is 1. The van der Waals surface area contributed by atoms with Crippen molar-refractivity contribution in [2.75, 3.05) is 0 Å². The van der Waals surface area contributed by atoms with E-state index in [2.05, 4.69) is 19.1 Å². The van der Waals surface area contributed by atoms with E-state index in [9.17, 15) is 4.79 Å². The normalized spacial score (nSPS) is 10.9. The summed E-state index contributed by atoms with van der Waals surface area (Å²) in [7, 11) is 1.99. The smallest absolute Gasteiger partial charge is 0.169 e. The van der Waals surface area contributed by atoms with Crippen LogP contribution in [0.3, 0.4) is 0 Å². The average Bonchev–Trinajstić information content (AvgIpc) is 2.77. The molecule has 0 aliphatic heterocycles. The van der Waals surface area contributed by atoms with Gasteiger partial charge >= 0.3 is 0 Å². The van der Waals surface area contributed by atoms with Crippen LogP contribution in [0.4, 0.5) is 0 Å². The topological polar surface area (TPSA) is 22.0 Å². The first kappa shape index (κ1) is 12.7. The maximum atomic E-state index is 12.5. The monoisotopic (exact) mass is 263 g/mol. The van der Waals surface area contributed by atoms with E-state index in [0.717, 1.165) is 22.0 Å². The van der Waals surface area contributed by atoms with Crippen LogP contribution < -0.4 is 0 Å².